The highest BCUT2D eigenvalue weighted by Crippen LogP contribution is 2.21. The Balaban J connectivity index is 2.28. The van der Waals surface area contributed by atoms with Crippen LogP contribution in [-0.2, 0) is 11.2 Å². The molecule has 4 nitrogen and oxygen atoms in total. The summed E-state index contributed by atoms with van der Waals surface area (Å²) in [6.07, 6.45) is 1.96. The van der Waals surface area contributed by atoms with Crippen LogP contribution in [0.1, 0.15) is 18.2 Å². The fourth-order valence-electron chi connectivity index (χ4n) is 1.53. The quantitative estimate of drug-likeness (QED) is 0.431. The monoisotopic (exact) mass is 347 g/mol. The van der Waals surface area contributed by atoms with Crippen LogP contribution in [0.2, 0.25) is 0 Å². The zero-order valence-corrected chi connectivity index (χ0v) is 13.9. The van der Waals surface area contributed by atoms with Gasteiger partial charge in [0.05, 0.1) is 3.79 Å². The number of methoxy groups -OCH3 is 1. The van der Waals surface area contributed by atoms with Crippen molar-refractivity contribution in [2.24, 2.45) is 4.99 Å². The summed E-state index contributed by atoms with van der Waals surface area (Å²) in [7, 11) is 1.71. The maximum atomic E-state index is 5.01. The Labute approximate surface area is 127 Å². The van der Waals surface area contributed by atoms with Crippen molar-refractivity contribution in [1.29, 1.82) is 0 Å². The number of hydrogen-bond acceptors (Lipinski definition) is 3. The van der Waals surface area contributed by atoms with E-state index in [-0.39, 0.29) is 0 Å². The van der Waals surface area contributed by atoms with Crippen molar-refractivity contribution in [3.05, 3.63) is 20.8 Å². The molecule has 19 heavy (non-hydrogen) atoms. The first-order valence-corrected chi connectivity index (χ1v) is 8.12. The summed E-state index contributed by atoms with van der Waals surface area (Å²) in [6, 6.07) is 4.24. The number of nitrogens with zero attached hydrogens (tertiary/aromatic N) is 1. The first-order chi connectivity index (χ1) is 9.26. The van der Waals surface area contributed by atoms with E-state index >= 15 is 0 Å². The molecule has 1 rings (SSSR count). The van der Waals surface area contributed by atoms with Crippen molar-refractivity contribution in [3.63, 3.8) is 0 Å². The van der Waals surface area contributed by atoms with Crippen molar-refractivity contribution in [3.8, 4) is 0 Å². The maximum absolute atomic E-state index is 5.01. The van der Waals surface area contributed by atoms with Gasteiger partial charge in [0.1, 0.15) is 0 Å². The lowest BCUT2D eigenvalue weighted by atomic mass is 10.3. The number of halogens is 1. The van der Waals surface area contributed by atoms with E-state index in [0.717, 1.165) is 45.0 Å². The van der Waals surface area contributed by atoms with Crippen LogP contribution < -0.4 is 10.6 Å². The topological polar surface area (TPSA) is 45.7 Å². The lowest BCUT2D eigenvalue weighted by molar-refractivity contribution is 0.197. The van der Waals surface area contributed by atoms with E-state index in [1.54, 1.807) is 18.4 Å². The smallest absolute Gasteiger partial charge is 0.191 e. The second-order valence-corrected chi connectivity index (χ2v) is 6.54. The third-order valence-corrected chi connectivity index (χ3v) is 4.10. The molecule has 0 aliphatic heterocycles. The van der Waals surface area contributed by atoms with E-state index in [2.05, 4.69) is 50.6 Å². The lowest BCUT2D eigenvalue weighted by Crippen LogP contribution is -2.38. The number of hydrogen-bond donors (Lipinski definition) is 2. The van der Waals surface area contributed by atoms with Crippen LogP contribution in [-0.4, -0.2) is 39.3 Å². The number of thiophene rings is 1. The molecule has 0 radical (unpaired) electrons. The summed E-state index contributed by atoms with van der Waals surface area (Å²) >= 11 is 5.25. The van der Waals surface area contributed by atoms with Crippen molar-refractivity contribution < 1.29 is 4.74 Å². The maximum Gasteiger partial charge on any atom is 0.191 e. The Morgan fingerprint density at radius 2 is 2.26 bits per heavy atom. The average molecular weight is 348 g/mol. The van der Waals surface area contributed by atoms with Crippen LogP contribution in [0.25, 0.3) is 0 Å². The average Bonchev–Trinajstić information content (AvgIpc) is 2.80. The molecular weight excluding hydrogens is 326 g/mol. The fourth-order valence-corrected chi connectivity index (χ4v) is 3.01. The second kappa shape index (κ2) is 10.2. The van der Waals surface area contributed by atoms with Gasteiger partial charge in [0.15, 0.2) is 5.96 Å². The SMILES string of the molecule is CCNC(=NCCCOC)NCCc1ccc(Br)s1. The van der Waals surface area contributed by atoms with E-state index in [9.17, 15) is 0 Å². The van der Waals surface area contributed by atoms with Gasteiger partial charge >= 0.3 is 0 Å². The molecule has 1 aromatic rings. The molecular formula is C13H22BrN3OS. The number of ether oxygens (including phenoxy) is 1. The molecule has 0 saturated heterocycles. The second-order valence-electron chi connectivity index (χ2n) is 3.99. The molecule has 0 aromatic carbocycles. The van der Waals surface area contributed by atoms with Gasteiger partial charge in [-0.25, -0.2) is 0 Å². The van der Waals surface area contributed by atoms with Gasteiger partial charge in [-0.3, -0.25) is 4.99 Å². The molecule has 0 aliphatic carbocycles. The Morgan fingerprint density at radius 1 is 1.42 bits per heavy atom. The molecule has 0 saturated carbocycles. The molecule has 108 valence electrons. The van der Waals surface area contributed by atoms with Gasteiger partial charge in [0.25, 0.3) is 0 Å². The summed E-state index contributed by atoms with van der Waals surface area (Å²) in [4.78, 5) is 5.87. The molecule has 0 atom stereocenters. The van der Waals surface area contributed by atoms with Crippen molar-refractivity contribution in [1.82, 2.24) is 10.6 Å². The predicted octanol–water partition coefficient (Wildman–Crippen LogP) is 2.64. The number of aliphatic imine (C=N–C) groups is 1. The minimum absolute atomic E-state index is 0.756. The third-order valence-electron chi connectivity index (χ3n) is 2.41. The van der Waals surface area contributed by atoms with Gasteiger partial charge < -0.3 is 15.4 Å². The molecule has 0 bridgehead atoms. The molecule has 0 amide bonds. The Bertz CT molecular complexity index is 382. The molecule has 6 heteroatoms. The normalized spacial score (nSPS) is 11.6. The van der Waals surface area contributed by atoms with E-state index in [1.165, 1.54) is 8.66 Å². The fraction of sp³-hybridized carbons (Fsp3) is 0.615. The molecule has 0 spiro atoms. The summed E-state index contributed by atoms with van der Waals surface area (Å²) in [6.45, 7) is 5.38. The molecule has 0 unspecified atom stereocenters. The number of nitrogens with one attached hydrogen (secondary N) is 2. The van der Waals surface area contributed by atoms with Gasteiger partial charge in [-0.15, -0.1) is 11.3 Å². The van der Waals surface area contributed by atoms with Gasteiger partial charge in [-0.1, -0.05) is 0 Å². The Kier molecular flexibility index (Phi) is 8.86. The van der Waals surface area contributed by atoms with E-state index in [4.69, 9.17) is 4.74 Å². The Hall–Kier alpha value is -0.590. The van der Waals surface area contributed by atoms with Crippen LogP contribution in [0.3, 0.4) is 0 Å². The zero-order chi connectivity index (χ0) is 13.9. The number of rotatable bonds is 8. The van der Waals surface area contributed by atoms with Gasteiger partial charge in [0.2, 0.25) is 0 Å². The van der Waals surface area contributed by atoms with Crippen molar-refractivity contribution >= 4 is 33.2 Å². The van der Waals surface area contributed by atoms with Crippen LogP contribution in [0, 0.1) is 0 Å². The highest BCUT2D eigenvalue weighted by atomic mass is 79.9. The molecule has 0 aliphatic rings. The van der Waals surface area contributed by atoms with E-state index in [0.29, 0.717) is 0 Å². The van der Waals surface area contributed by atoms with Gasteiger partial charge in [-0.2, -0.15) is 0 Å². The van der Waals surface area contributed by atoms with Gasteiger partial charge in [-0.05, 0) is 47.8 Å². The minimum Gasteiger partial charge on any atom is -0.385 e. The van der Waals surface area contributed by atoms with Crippen LogP contribution in [0.4, 0.5) is 0 Å². The lowest BCUT2D eigenvalue weighted by Gasteiger charge is -2.10. The third kappa shape index (κ3) is 7.54. The molecule has 1 heterocycles. The number of guanidine groups is 1. The molecule has 2 N–H and O–H groups in total. The summed E-state index contributed by atoms with van der Waals surface area (Å²) in [5.74, 6) is 0.884. The molecule has 1 aromatic heterocycles. The predicted molar refractivity (Wildman–Crippen MR) is 86.2 cm³/mol. The van der Waals surface area contributed by atoms with E-state index < -0.39 is 0 Å². The van der Waals surface area contributed by atoms with E-state index in [1.807, 2.05) is 0 Å². The zero-order valence-electron chi connectivity index (χ0n) is 11.5. The first kappa shape index (κ1) is 16.5. The van der Waals surface area contributed by atoms with Crippen LogP contribution in [0.5, 0.6) is 0 Å². The standard InChI is InChI=1S/C13H22BrN3OS/c1-3-15-13(16-8-4-10-18-2)17-9-7-11-5-6-12(14)19-11/h5-6H,3-4,7-10H2,1-2H3,(H2,15,16,17). The van der Waals surface area contributed by atoms with Crippen LogP contribution >= 0.6 is 27.3 Å². The Morgan fingerprint density at radius 3 is 2.89 bits per heavy atom. The summed E-state index contributed by atoms with van der Waals surface area (Å²) in [5, 5.41) is 6.59. The largest absolute Gasteiger partial charge is 0.385 e. The van der Waals surface area contributed by atoms with Crippen molar-refractivity contribution in [2.45, 2.75) is 19.8 Å². The van der Waals surface area contributed by atoms with Crippen molar-refractivity contribution in [2.75, 3.05) is 33.4 Å². The summed E-state index contributed by atoms with van der Waals surface area (Å²) in [5.41, 5.74) is 0. The summed E-state index contributed by atoms with van der Waals surface area (Å²) < 4.78 is 6.19. The van der Waals surface area contributed by atoms with Gasteiger partial charge in [0, 0.05) is 38.2 Å². The minimum atomic E-state index is 0.756. The first-order valence-electron chi connectivity index (χ1n) is 6.51. The van der Waals surface area contributed by atoms with Crippen LogP contribution in [0.15, 0.2) is 20.9 Å². The highest BCUT2D eigenvalue weighted by molar-refractivity contribution is 9.11. The highest BCUT2D eigenvalue weighted by Gasteiger charge is 1.99. The molecule has 0 fully saturated rings.